The molecule has 0 bridgehead atoms. The minimum absolute atomic E-state index is 0.0869. The van der Waals surface area contributed by atoms with Crippen LogP contribution in [0.25, 0.3) is 0 Å². The summed E-state index contributed by atoms with van der Waals surface area (Å²) in [4.78, 5) is 50.0. The maximum absolute atomic E-state index is 12.6. The highest BCUT2D eigenvalue weighted by atomic mass is 16.6. The Bertz CT molecular complexity index is 1330. The first kappa shape index (κ1) is 50.3. The van der Waals surface area contributed by atoms with E-state index in [2.05, 4.69) is 27.7 Å². The molecule has 0 N–H and O–H groups in total. The van der Waals surface area contributed by atoms with E-state index in [1.165, 1.54) is 0 Å². The van der Waals surface area contributed by atoms with Crippen LogP contribution in [0.2, 0.25) is 0 Å². The number of carbonyl (C=O) groups is 4. The highest BCUT2D eigenvalue weighted by Gasteiger charge is 2.23. The number of unbranched alkanes of at least 4 members (excludes halogenated alkanes) is 6. The van der Waals surface area contributed by atoms with Crippen molar-refractivity contribution in [1.82, 2.24) is 0 Å². The summed E-state index contributed by atoms with van der Waals surface area (Å²) < 4.78 is 22.5. The van der Waals surface area contributed by atoms with E-state index < -0.39 is 0 Å². The molecule has 0 saturated carbocycles. The first-order chi connectivity index (χ1) is 26.9. The largest absolute Gasteiger partial charge is 0.426 e. The molecule has 0 aliphatic rings. The Labute approximate surface area is 340 Å². The summed E-state index contributed by atoms with van der Waals surface area (Å²) in [6.45, 7) is 20.4. The van der Waals surface area contributed by atoms with Gasteiger partial charge in [0.15, 0.2) is 0 Å². The summed E-state index contributed by atoms with van der Waals surface area (Å²) in [5, 5.41) is 0. The molecule has 0 aliphatic heterocycles. The molecule has 4 unspecified atom stereocenters. The molecule has 0 heterocycles. The van der Waals surface area contributed by atoms with Crippen LogP contribution in [0.3, 0.4) is 0 Å². The lowest BCUT2D eigenvalue weighted by molar-refractivity contribution is -0.140. The quantitative estimate of drug-likeness (QED) is 0.0528. The van der Waals surface area contributed by atoms with Crippen LogP contribution in [0.4, 0.5) is 0 Å². The summed E-state index contributed by atoms with van der Waals surface area (Å²) in [7, 11) is 0. The lowest BCUT2D eigenvalue weighted by atomic mass is 9.99. The van der Waals surface area contributed by atoms with Gasteiger partial charge in [-0.15, -0.1) is 0 Å². The lowest BCUT2D eigenvalue weighted by Crippen LogP contribution is -2.21. The summed E-state index contributed by atoms with van der Waals surface area (Å²) in [6, 6.07) is 10.5. The van der Waals surface area contributed by atoms with Gasteiger partial charge in [-0.3, -0.25) is 19.2 Å². The molecule has 0 aromatic heterocycles. The highest BCUT2D eigenvalue weighted by Crippen LogP contribution is 2.28. The maximum atomic E-state index is 12.6. The summed E-state index contributed by atoms with van der Waals surface area (Å²) >= 11 is 0. The van der Waals surface area contributed by atoms with Gasteiger partial charge in [0.25, 0.3) is 0 Å². The van der Waals surface area contributed by atoms with Crippen LogP contribution in [-0.4, -0.2) is 23.9 Å². The lowest BCUT2D eigenvalue weighted by Gasteiger charge is -2.16. The van der Waals surface area contributed by atoms with Gasteiger partial charge >= 0.3 is 23.9 Å². The number of hydrogen-bond donors (Lipinski definition) is 0. The third-order valence-corrected chi connectivity index (χ3v) is 10.4. The second-order valence-corrected chi connectivity index (χ2v) is 15.3. The maximum Gasteiger partial charge on any atom is 0.314 e. The van der Waals surface area contributed by atoms with Gasteiger partial charge in [0, 0.05) is 12.1 Å². The second kappa shape index (κ2) is 29.5. The fraction of sp³-hybridized carbons (Fsp3) is 0.667. The van der Waals surface area contributed by atoms with Gasteiger partial charge in [-0.25, -0.2) is 0 Å². The van der Waals surface area contributed by atoms with Crippen LogP contribution < -0.4 is 18.9 Å². The van der Waals surface area contributed by atoms with Gasteiger partial charge < -0.3 is 18.9 Å². The van der Waals surface area contributed by atoms with Crippen LogP contribution in [-0.2, 0) is 19.2 Å². The molecule has 2 aromatic carbocycles. The van der Waals surface area contributed by atoms with Crippen molar-refractivity contribution in [2.75, 3.05) is 0 Å². The molecular formula is C48H76O8. The zero-order valence-corrected chi connectivity index (χ0v) is 36.8. The van der Waals surface area contributed by atoms with Crippen molar-refractivity contribution in [2.45, 2.75) is 185 Å². The Hall–Kier alpha value is -3.68. The van der Waals surface area contributed by atoms with Crippen molar-refractivity contribution in [3.8, 4) is 23.0 Å². The van der Waals surface area contributed by atoms with Gasteiger partial charge in [0.2, 0.25) is 0 Å². The summed E-state index contributed by atoms with van der Waals surface area (Å²) in [5.74, 6) is 0.633. The van der Waals surface area contributed by atoms with Crippen molar-refractivity contribution < 1.29 is 38.1 Å². The van der Waals surface area contributed by atoms with Gasteiger partial charge in [-0.1, -0.05) is 120 Å². The van der Waals surface area contributed by atoms with Crippen LogP contribution >= 0.6 is 0 Å². The fourth-order valence-corrected chi connectivity index (χ4v) is 6.60. The topological polar surface area (TPSA) is 105 Å². The fourth-order valence-electron chi connectivity index (χ4n) is 6.60. The van der Waals surface area contributed by atoms with Crippen molar-refractivity contribution in [3.63, 3.8) is 0 Å². The molecule has 0 aliphatic carbocycles. The Balaban J connectivity index is 0.000000561. The molecule has 8 heteroatoms. The first-order valence-electron chi connectivity index (χ1n) is 22.0. The third kappa shape index (κ3) is 20.0. The van der Waals surface area contributed by atoms with Crippen molar-refractivity contribution >= 4 is 23.9 Å². The predicted molar refractivity (Wildman–Crippen MR) is 227 cm³/mol. The van der Waals surface area contributed by atoms with Crippen molar-refractivity contribution in [3.05, 3.63) is 47.5 Å². The minimum Gasteiger partial charge on any atom is -0.426 e. The van der Waals surface area contributed by atoms with E-state index in [1.54, 1.807) is 24.3 Å². The standard InChI is InChI=1S/C25H40O4.C23H36O4/c1-6-10-12-14-20(8-3)24(26)28-22-16-19(5)17-23(18-22)29-25(27)21(9-4)15-13-11-7-2;1-6-10-12-18(8-3)22(24)26-20-14-17(5)15-21(16-20)27-23(25)19(9-4)13-11-7-2/h16-18,20-21H,6-15H2,1-5H3;14-16,18-19H,6-13H2,1-5H3. The SMILES string of the molecule is CCCCC(CC)C(=O)Oc1cc(C)cc(OC(=O)C(CC)CCCC)c1.CCCCCC(CC)C(=O)Oc1cc(C)cc(OC(=O)C(CC)CCCCC)c1. The van der Waals surface area contributed by atoms with Gasteiger partial charge in [-0.05, 0) is 101 Å². The molecule has 2 aromatic rings. The molecule has 0 amide bonds. The van der Waals surface area contributed by atoms with Crippen LogP contribution in [0, 0.1) is 37.5 Å². The van der Waals surface area contributed by atoms with E-state index in [9.17, 15) is 19.2 Å². The first-order valence-corrected chi connectivity index (χ1v) is 22.0. The van der Waals surface area contributed by atoms with Gasteiger partial charge in [0.05, 0.1) is 23.7 Å². The number of rotatable bonds is 26. The van der Waals surface area contributed by atoms with Crippen molar-refractivity contribution in [2.24, 2.45) is 23.7 Å². The van der Waals surface area contributed by atoms with Crippen molar-refractivity contribution in [1.29, 1.82) is 0 Å². The molecule has 316 valence electrons. The highest BCUT2D eigenvalue weighted by molar-refractivity contribution is 5.78. The number of ether oxygens (including phenoxy) is 4. The second-order valence-electron chi connectivity index (χ2n) is 15.3. The Morgan fingerprint density at radius 1 is 0.375 bits per heavy atom. The van der Waals surface area contributed by atoms with E-state index in [-0.39, 0.29) is 47.5 Å². The minimum atomic E-state index is -0.205. The molecule has 0 spiro atoms. The Morgan fingerprint density at radius 3 is 0.821 bits per heavy atom. The van der Waals surface area contributed by atoms with Gasteiger partial charge in [-0.2, -0.15) is 0 Å². The number of hydrogen-bond acceptors (Lipinski definition) is 8. The molecule has 8 nitrogen and oxygen atoms in total. The van der Waals surface area contributed by atoms with Gasteiger partial charge in [0.1, 0.15) is 23.0 Å². The zero-order valence-electron chi connectivity index (χ0n) is 36.8. The molecule has 0 radical (unpaired) electrons. The normalized spacial score (nSPS) is 13.0. The summed E-state index contributed by atoms with van der Waals surface area (Å²) in [5.41, 5.74) is 1.79. The number of aryl methyl sites for hydroxylation is 2. The molecule has 2 rings (SSSR count). The van der Waals surface area contributed by atoms with E-state index in [1.807, 2.05) is 53.7 Å². The van der Waals surface area contributed by atoms with Crippen LogP contribution in [0.15, 0.2) is 36.4 Å². The smallest absolute Gasteiger partial charge is 0.314 e. The molecule has 0 saturated heterocycles. The Kier molecular flexibility index (Phi) is 26.6. The summed E-state index contributed by atoms with van der Waals surface area (Å²) in [6.07, 6.45) is 17.2. The molecular weight excluding hydrogens is 705 g/mol. The molecule has 56 heavy (non-hydrogen) atoms. The molecule has 0 fully saturated rings. The van der Waals surface area contributed by atoms with Crippen LogP contribution in [0.5, 0.6) is 23.0 Å². The monoisotopic (exact) mass is 781 g/mol. The molecule has 4 atom stereocenters. The Morgan fingerprint density at radius 2 is 0.607 bits per heavy atom. The number of esters is 4. The van der Waals surface area contributed by atoms with E-state index in [4.69, 9.17) is 18.9 Å². The number of carbonyl (C=O) groups excluding carboxylic acids is 4. The predicted octanol–water partition coefficient (Wildman–Crippen LogP) is 13.3. The van der Waals surface area contributed by atoms with Crippen LogP contribution in [0.1, 0.15) is 182 Å². The van der Waals surface area contributed by atoms with E-state index in [0.29, 0.717) is 23.0 Å². The van der Waals surface area contributed by atoms with E-state index in [0.717, 1.165) is 127 Å². The third-order valence-electron chi connectivity index (χ3n) is 10.4. The van der Waals surface area contributed by atoms with E-state index >= 15 is 0 Å². The number of benzene rings is 2. The zero-order chi connectivity index (χ0) is 41.9. The average molecular weight is 781 g/mol. The average Bonchev–Trinajstić information content (AvgIpc) is 3.15.